The van der Waals surface area contributed by atoms with Gasteiger partial charge >= 0.3 is 0 Å². The highest BCUT2D eigenvalue weighted by molar-refractivity contribution is 5.33. The van der Waals surface area contributed by atoms with Gasteiger partial charge in [-0.3, -0.25) is 0 Å². The average Bonchev–Trinajstić information content (AvgIpc) is 2.50. The van der Waals surface area contributed by atoms with E-state index in [0.29, 0.717) is 17.7 Å². The van der Waals surface area contributed by atoms with Gasteiger partial charge in [0.25, 0.3) is 0 Å². The van der Waals surface area contributed by atoms with E-state index in [4.69, 9.17) is 5.26 Å². The Balaban J connectivity index is 1.92. The van der Waals surface area contributed by atoms with Crippen molar-refractivity contribution in [3.8, 4) is 6.07 Å². The molecule has 0 amide bonds. The second-order valence-corrected chi connectivity index (χ2v) is 4.48. The van der Waals surface area contributed by atoms with Crippen LogP contribution < -0.4 is 5.32 Å². The van der Waals surface area contributed by atoms with Crippen molar-refractivity contribution in [2.75, 3.05) is 6.54 Å². The fraction of sp³-hybridized carbons (Fsp3) is 0.188. The van der Waals surface area contributed by atoms with Gasteiger partial charge in [-0.25, -0.2) is 4.39 Å². The highest BCUT2D eigenvalue weighted by Crippen LogP contribution is 2.12. The maximum atomic E-state index is 13.5. The fourth-order valence-corrected chi connectivity index (χ4v) is 1.92. The number of aliphatic hydroxyl groups is 1. The maximum absolute atomic E-state index is 13.5. The summed E-state index contributed by atoms with van der Waals surface area (Å²) < 4.78 is 13.5. The van der Waals surface area contributed by atoms with E-state index in [0.717, 1.165) is 5.56 Å². The Morgan fingerprint density at radius 1 is 1.20 bits per heavy atom. The molecule has 1 atom stereocenters. The lowest BCUT2D eigenvalue weighted by Gasteiger charge is -2.12. The first-order valence-corrected chi connectivity index (χ1v) is 6.33. The average molecular weight is 270 g/mol. The topological polar surface area (TPSA) is 56.0 Å². The summed E-state index contributed by atoms with van der Waals surface area (Å²) in [6.45, 7) is 0.589. The summed E-state index contributed by atoms with van der Waals surface area (Å²) in [6.07, 6.45) is -0.640. The minimum Gasteiger partial charge on any atom is -0.387 e. The fourth-order valence-electron chi connectivity index (χ4n) is 1.92. The predicted octanol–water partition coefficient (Wildman–Crippen LogP) is 2.52. The zero-order chi connectivity index (χ0) is 14.4. The number of rotatable bonds is 5. The summed E-state index contributed by atoms with van der Waals surface area (Å²) in [6, 6.07) is 15.5. The molecule has 2 rings (SSSR count). The van der Waals surface area contributed by atoms with Crippen LogP contribution in [-0.2, 0) is 6.54 Å². The van der Waals surface area contributed by atoms with Crippen LogP contribution >= 0.6 is 0 Å². The molecule has 0 bridgehead atoms. The molecule has 1 unspecified atom stereocenters. The van der Waals surface area contributed by atoms with Crippen LogP contribution in [0.5, 0.6) is 0 Å². The van der Waals surface area contributed by atoms with Crippen molar-refractivity contribution in [1.29, 1.82) is 5.26 Å². The minimum absolute atomic E-state index is 0.269. The van der Waals surface area contributed by atoms with Gasteiger partial charge < -0.3 is 10.4 Å². The highest BCUT2D eigenvalue weighted by atomic mass is 19.1. The third kappa shape index (κ3) is 3.64. The molecule has 0 aliphatic carbocycles. The molecular formula is C16H15FN2O. The normalized spacial score (nSPS) is 11.8. The van der Waals surface area contributed by atoms with Crippen LogP contribution in [0.3, 0.4) is 0 Å². The van der Waals surface area contributed by atoms with Crippen molar-refractivity contribution in [3.05, 3.63) is 71.0 Å². The lowest BCUT2D eigenvalue weighted by atomic mass is 10.1. The Labute approximate surface area is 117 Å². The van der Waals surface area contributed by atoms with Crippen LogP contribution in [0.2, 0.25) is 0 Å². The van der Waals surface area contributed by atoms with Crippen LogP contribution in [-0.4, -0.2) is 11.7 Å². The number of nitrogens with zero attached hydrogens (tertiary/aromatic N) is 1. The van der Waals surface area contributed by atoms with Crippen molar-refractivity contribution < 1.29 is 9.50 Å². The molecule has 0 aliphatic heterocycles. The molecule has 0 heterocycles. The van der Waals surface area contributed by atoms with Crippen molar-refractivity contribution >= 4 is 0 Å². The summed E-state index contributed by atoms with van der Waals surface area (Å²) in [5.41, 5.74) is 1.65. The van der Waals surface area contributed by atoms with E-state index in [1.807, 2.05) is 36.4 Å². The van der Waals surface area contributed by atoms with Gasteiger partial charge in [-0.05, 0) is 23.8 Å². The van der Waals surface area contributed by atoms with Crippen LogP contribution in [0.25, 0.3) is 0 Å². The van der Waals surface area contributed by atoms with Crippen LogP contribution in [0.1, 0.15) is 22.8 Å². The van der Waals surface area contributed by atoms with Gasteiger partial charge in [0.1, 0.15) is 5.82 Å². The number of nitrogens with one attached hydrogen (secondary N) is 1. The van der Waals surface area contributed by atoms with Gasteiger partial charge in [0.15, 0.2) is 0 Å². The minimum atomic E-state index is -0.640. The number of hydrogen-bond donors (Lipinski definition) is 2. The van der Waals surface area contributed by atoms with Gasteiger partial charge in [0.2, 0.25) is 0 Å². The first-order valence-electron chi connectivity index (χ1n) is 6.33. The lowest BCUT2D eigenvalue weighted by molar-refractivity contribution is 0.174. The van der Waals surface area contributed by atoms with Crippen molar-refractivity contribution in [2.24, 2.45) is 0 Å². The van der Waals surface area contributed by atoms with Crippen LogP contribution in [0.4, 0.5) is 4.39 Å². The van der Waals surface area contributed by atoms with Gasteiger partial charge in [-0.1, -0.05) is 30.3 Å². The van der Waals surface area contributed by atoms with Crippen molar-refractivity contribution in [2.45, 2.75) is 12.6 Å². The number of halogens is 1. The molecule has 0 saturated heterocycles. The first-order chi connectivity index (χ1) is 9.70. The molecule has 3 nitrogen and oxygen atoms in total. The molecule has 0 aliphatic rings. The molecular weight excluding hydrogens is 255 g/mol. The van der Waals surface area contributed by atoms with E-state index in [9.17, 15) is 9.50 Å². The smallest absolute Gasteiger partial charge is 0.127 e. The van der Waals surface area contributed by atoms with E-state index in [1.54, 1.807) is 0 Å². The molecule has 2 N–H and O–H groups in total. The highest BCUT2D eigenvalue weighted by Gasteiger charge is 2.08. The van der Waals surface area contributed by atoms with E-state index in [1.165, 1.54) is 18.2 Å². The van der Waals surface area contributed by atoms with E-state index < -0.39 is 6.10 Å². The Bertz CT molecular complexity index is 608. The van der Waals surface area contributed by atoms with Crippen LogP contribution in [0, 0.1) is 17.1 Å². The van der Waals surface area contributed by atoms with Gasteiger partial charge in [-0.15, -0.1) is 0 Å². The number of nitriles is 1. The van der Waals surface area contributed by atoms with Crippen LogP contribution in [0.15, 0.2) is 48.5 Å². The molecule has 0 saturated carbocycles. The third-order valence-electron chi connectivity index (χ3n) is 3.01. The molecule has 102 valence electrons. The molecule has 0 spiro atoms. The standard InChI is InChI=1S/C16H15FN2O/c17-15-7-6-12(9-18)8-14(15)10-19-11-16(20)13-4-2-1-3-5-13/h1-8,16,19-20H,10-11H2. The summed E-state index contributed by atoms with van der Waals surface area (Å²) in [5.74, 6) is -0.356. The number of aliphatic hydroxyl groups excluding tert-OH is 1. The van der Waals surface area contributed by atoms with Crippen molar-refractivity contribution in [3.63, 3.8) is 0 Å². The van der Waals surface area contributed by atoms with E-state index in [-0.39, 0.29) is 12.4 Å². The summed E-state index contributed by atoms with van der Waals surface area (Å²) in [4.78, 5) is 0. The number of benzene rings is 2. The largest absolute Gasteiger partial charge is 0.387 e. The van der Waals surface area contributed by atoms with Gasteiger partial charge in [0, 0.05) is 18.7 Å². The molecule has 20 heavy (non-hydrogen) atoms. The number of hydrogen-bond acceptors (Lipinski definition) is 3. The molecule has 2 aromatic carbocycles. The zero-order valence-corrected chi connectivity index (χ0v) is 10.9. The molecule has 0 radical (unpaired) electrons. The molecule has 0 aromatic heterocycles. The second-order valence-electron chi connectivity index (χ2n) is 4.48. The zero-order valence-electron chi connectivity index (χ0n) is 10.9. The summed E-state index contributed by atoms with van der Waals surface area (Å²) >= 11 is 0. The first kappa shape index (κ1) is 14.2. The predicted molar refractivity (Wildman–Crippen MR) is 74.2 cm³/mol. The molecule has 4 heteroatoms. The Morgan fingerprint density at radius 2 is 1.95 bits per heavy atom. The van der Waals surface area contributed by atoms with Gasteiger partial charge in [-0.2, -0.15) is 5.26 Å². The second kappa shape index (κ2) is 6.80. The Morgan fingerprint density at radius 3 is 2.65 bits per heavy atom. The Kier molecular flexibility index (Phi) is 4.83. The molecule has 2 aromatic rings. The maximum Gasteiger partial charge on any atom is 0.127 e. The third-order valence-corrected chi connectivity index (χ3v) is 3.01. The van der Waals surface area contributed by atoms with Crippen molar-refractivity contribution in [1.82, 2.24) is 5.32 Å². The monoisotopic (exact) mass is 270 g/mol. The lowest BCUT2D eigenvalue weighted by Crippen LogP contribution is -2.21. The molecule has 0 fully saturated rings. The van der Waals surface area contributed by atoms with E-state index >= 15 is 0 Å². The quantitative estimate of drug-likeness (QED) is 0.877. The SMILES string of the molecule is N#Cc1ccc(F)c(CNCC(O)c2ccccc2)c1. The summed E-state index contributed by atoms with van der Waals surface area (Å²) in [5, 5.41) is 21.7. The summed E-state index contributed by atoms with van der Waals surface area (Å²) in [7, 11) is 0. The van der Waals surface area contributed by atoms with Gasteiger partial charge in [0.05, 0.1) is 17.7 Å². The van der Waals surface area contributed by atoms with E-state index in [2.05, 4.69) is 5.32 Å². The Hall–Kier alpha value is -2.22.